The standard InChI is InChI=1S/C14H14FN/c1-11-6-2-3-7-12(11)10-16-14-9-5-4-8-13(14)15/h2-9,16H,10H2,1H3. The first-order chi connectivity index (χ1) is 7.77. The van der Waals surface area contributed by atoms with Gasteiger partial charge in [0.15, 0.2) is 0 Å². The first kappa shape index (κ1) is 10.7. The Balaban J connectivity index is 2.09. The van der Waals surface area contributed by atoms with Crippen LogP contribution in [0.1, 0.15) is 11.1 Å². The molecule has 0 fully saturated rings. The molecule has 0 atom stereocenters. The molecule has 0 aliphatic carbocycles. The lowest BCUT2D eigenvalue weighted by atomic mass is 10.1. The number of aryl methyl sites for hydroxylation is 1. The van der Waals surface area contributed by atoms with Crippen molar-refractivity contribution in [2.24, 2.45) is 0 Å². The molecule has 2 aromatic rings. The van der Waals surface area contributed by atoms with E-state index in [2.05, 4.69) is 18.3 Å². The van der Waals surface area contributed by atoms with Gasteiger partial charge in [0.05, 0.1) is 5.69 Å². The lowest BCUT2D eigenvalue weighted by molar-refractivity contribution is 0.630. The largest absolute Gasteiger partial charge is 0.379 e. The summed E-state index contributed by atoms with van der Waals surface area (Å²) in [5, 5.41) is 3.10. The maximum Gasteiger partial charge on any atom is 0.146 e. The average molecular weight is 215 g/mol. The molecule has 1 N–H and O–H groups in total. The van der Waals surface area contributed by atoms with Crippen LogP contribution in [0.2, 0.25) is 0 Å². The van der Waals surface area contributed by atoms with Gasteiger partial charge in [-0.1, -0.05) is 36.4 Å². The molecular weight excluding hydrogens is 201 g/mol. The van der Waals surface area contributed by atoms with Crippen LogP contribution in [-0.2, 0) is 6.54 Å². The number of halogens is 1. The Kier molecular flexibility index (Phi) is 3.20. The predicted octanol–water partition coefficient (Wildman–Crippen LogP) is 3.75. The number of nitrogens with one attached hydrogen (secondary N) is 1. The fourth-order valence-electron chi connectivity index (χ4n) is 1.60. The fraction of sp³-hybridized carbons (Fsp3) is 0.143. The van der Waals surface area contributed by atoms with E-state index in [0.717, 1.165) is 0 Å². The Morgan fingerprint density at radius 3 is 2.44 bits per heavy atom. The Labute approximate surface area is 94.9 Å². The highest BCUT2D eigenvalue weighted by molar-refractivity contribution is 5.45. The Morgan fingerprint density at radius 2 is 1.69 bits per heavy atom. The highest BCUT2D eigenvalue weighted by Crippen LogP contribution is 2.15. The fourth-order valence-corrected chi connectivity index (χ4v) is 1.60. The predicted molar refractivity (Wildman–Crippen MR) is 64.9 cm³/mol. The van der Waals surface area contributed by atoms with Crippen LogP contribution in [0.15, 0.2) is 48.5 Å². The lowest BCUT2D eigenvalue weighted by Gasteiger charge is -2.09. The monoisotopic (exact) mass is 215 g/mol. The summed E-state index contributed by atoms with van der Waals surface area (Å²) in [7, 11) is 0. The van der Waals surface area contributed by atoms with E-state index < -0.39 is 0 Å². The zero-order valence-electron chi connectivity index (χ0n) is 9.20. The molecule has 0 unspecified atom stereocenters. The van der Waals surface area contributed by atoms with Crippen LogP contribution in [0.3, 0.4) is 0 Å². The van der Waals surface area contributed by atoms with Crippen molar-refractivity contribution < 1.29 is 4.39 Å². The topological polar surface area (TPSA) is 12.0 Å². The second kappa shape index (κ2) is 4.79. The third-order valence-electron chi connectivity index (χ3n) is 2.60. The number of hydrogen-bond acceptors (Lipinski definition) is 1. The van der Waals surface area contributed by atoms with Crippen LogP contribution >= 0.6 is 0 Å². The molecule has 0 saturated heterocycles. The number of hydrogen-bond donors (Lipinski definition) is 1. The van der Waals surface area contributed by atoms with E-state index in [1.165, 1.54) is 17.2 Å². The number of anilines is 1. The molecule has 0 aliphatic heterocycles. The molecule has 2 aromatic carbocycles. The Bertz CT molecular complexity index is 434. The van der Waals surface area contributed by atoms with Crippen LogP contribution in [0.5, 0.6) is 0 Å². The highest BCUT2D eigenvalue weighted by atomic mass is 19.1. The van der Waals surface area contributed by atoms with E-state index in [0.29, 0.717) is 12.2 Å². The zero-order valence-corrected chi connectivity index (χ0v) is 9.20. The van der Waals surface area contributed by atoms with Gasteiger partial charge in [-0.25, -0.2) is 4.39 Å². The van der Waals surface area contributed by atoms with Crippen molar-refractivity contribution in [3.63, 3.8) is 0 Å². The van der Waals surface area contributed by atoms with Gasteiger partial charge in [0, 0.05) is 6.54 Å². The lowest BCUT2D eigenvalue weighted by Crippen LogP contribution is -2.02. The van der Waals surface area contributed by atoms with Gasteiger partial charge in [-0.2, -0.15) is 0 Å². The van der Waals surface area contributed by atoms with E-state index in [1.807, 2.05) is 24.3 Å². The first-order valence-electron chi connectivity index (χ1n) is 5.30. The van der Waals surface area contributed by atoms with Crippen LogP contribution < -0.4 is 5.32 Å². The second-order valence-electron chi connectivity index (χ2n) is 3.76. The molecule has 2 heteroatoms. The smallest absolute Gasteiger partial charge is 0.146 e. The third-order valence-corrected chi connectivity index (χ3v) is 2.60. The van der Waals surface area contributed by atoms with Gasteiger partial charge in [-0.3, -0.25) is 0 Å². The minimum absolute atomic E-state index is 0.212. The summed E-state index contributed by atoms with van der Waals surface area (Å²) in [4.78, 5) is 0. The van der Waals surface area contributed by atoms with Crippen molar-refractivity contribution in [1.82, 2.24) is 0 Å². The molecule has 2 rings (SSSR count). The normalized spacial score (nSPS) is 10.1. The molecule has 0 radical (unpaired) electrons. The maximum atomic E-state index is 13.3. The summed E-state index contributed by atoms with van der Waals surface area (Å²) < 4.78 is 13.3. The molecule has 0 amide bonds. The summed E-state index contributed by atoms with van der Waals surface area (Å²) >= 11 is 0. The van der Waals surface area contributed by atoms with Gasteiger partial charge in [-0.15, -0.1) is 0 Å². The van der Waals surface area contributed by atoms with E-state index in [4.69, 9.17) is 0 Å². The minimum atomic E-state index is -0.212. The van der Waals surface area contributed by atoms with Crippen molar-refractivity contribution in [3.8, 4) is 0 Å². The molecule has 0 saturated carbocycles. The zero-order chi connectivity index (χ0) is 11.4. The molecular formula is C14H14FN. The van der Waals surface area contributed by atoms with Crippen molar-refractivity contribution in [3.05, 3.63) is 65.5 Å². The van der Waals surface area contributed by atoms with Crippen LogP contribution in [0.25, 0.3) is 0 Å². The number of para-hydroxylation sites is 1. The Hall–Kier alpha value is -1.83. The molecule has 0 aliphatic rings. The molecule has 0 bridgehead atoms. The SMILES string of the molecule is Cc1ccccc1CNc1ccccc1F. The summed E-state index contributed by atoms with van der Waals surface area (Å²) in [6.07, 6.45) is 0. The Morgan fingerprint density at radius 1 is 1.00 bits per heavy atom. The quantitative estimate of drug-likeness (QED) is 0.822. The summed E-state index contributed by atoms with van der Waals surface area (Å²) in [5.74, 6) is -0.212. The van der Waals surface area contributed by atoms with Crippen LogP contribution in [0, 0.1) is 12.7 Å². The van der Waals surface area contributed by atoms with Crippen molar-refractivity contribution in [1.29, 1.82) is 0 Å². The molecule has 0 aromatic heterocycles. The average Bonchev–Trinajstić information content (AvgIpc) is 2.30. The number of benzene rings is 2. The second-order valence-corrected chi connectivity index (χ2v) is 3.76. The molecule has 1 nitrogen and oxygen atoms in total. The summed E-state index contributed by atoms with van der Waals surface area (Å²) in [6.45, 7) is 2.70. The van der Waals surface area contributed by atoms with Gasteiger partial charge in [0.1, 0.15) is 5.82 Å². The molecule has 16 heavy (non-hydrogen) atoms. The van der Waals surface area contributed by atoms with Gasteiger partial charge in [0.2, 0.25) is 0 Å². The number of rotatable bonds is 3. The van der Waals surface area contributed by atoms with Gasteiger partial charge in [-0.05, 0) is 30.2 Å². The van der Waals surface area contributed by atoms with Crippen molar-refractivity contribution in [2.45, 2.75) is 13.5 Å². The van der Waals surface area contributed by atoms with Gasteiger partial charge < -0.3 is 5.32 Å². The molecule has 82 valence electrons. The summed E-state index contributed by atoms with van der Waals surface area (Å²) in [5.41, 5.74) is 2.95. The highest BCUT2D eigenvalue weighted by Gasteiger charge is 2.00. The minimum Gasteiger partial charge on any atom is -0.379 e. The van der Waals surface area contributed by atoms with E-state index in [-0.39, 0.29) is 5.82 Å². The van der Waals surface area contributed by atoms with Gasteiger partial charge in [0.25, 0.3) is 0 Å². The van der Waals surface area contributed by atoms with E-state index in [1.54, 1.807) is 12.1 Å². The first-order valence-corrected chi connectivity index (χ1v) is 5.30. The van der Waals surface area contributed by atoms with Gasteiger partial charge >= 0.3 is 0 Å². The van der Waals surface area contributed by atoms with E-state index in [9.17, 15) is 4.39 Å². The van der Waals surface area contributed by atoms with E-state index >= 15 is 0 Å². The third kappa shape index (κ3) is 2.40. The maximum absolute atomic E-state index is 13.3. The van der Waals surface area contributed by atoms with Crippen LogP contribution in [0.4, 0.5) is 10.1 Å². The van der Waals surface area contributed by atoms with Crippen molar-refractivity contribution >= 4 is 5.69 Å². The van der Waals surface area contributed by atoms with Crippen molar-refractivity contribution in [2.75, 3.05) is 5.32 Å². The van der Waals surface area contributed by atoms with Crippen LogP contribution in [-0.4, -0.2) is 0 Å². The summed E-state index contributed by atoms with van der Waals surface area (Å²) in [6, 6.07) is 14.8. The molecule has 0 spiro atoms. The molecule has 0 heterocycles.